The summed E-state index contributed by atoms with van der Waals surface area (Å²) in [7, 11) is 0. The molecule has 192 valence electrons. The molecule has 0 radical (unpaired) electrons. The second-order valence-electron chi connectivity index (χ2n) is 9.93. The monoisotopic (exact) mass is 498 g/mol. The summed E-state index contributed by atoms with van der Waals surface area (Å²) in [5.41, 5.74) is 2.99. The standard InChI is InChI=1S/C31H34N2O4/c1-22-15-17-24(18-16-22)29(30(34)32-25-11-5-6-12-25)33(20-19-23-9-3-2-4-10-23)31(35)28-21-36-26-13-7-8-14-27(26)37-28/h2-4,7-10,13-18,25,28-29H,5-6,11-12,19-21H2,1H3,(H,32,34)/t28-,29+/m0/s1. The zero-order valence-corrected chi connectivity index (χ0v) is 21.3. The minimum atomic E-state index is -0.835. The van der Waals surface area contributed by atoms with Gasteiger partial charge in [0.05, 0.1) is 0 Å². The molecule has 0 saturated heterocycles. The highest BCUT2D eigenvalue weighted by Crippen LogP contribution is 2.33. The van der Waals surface area contributed by atoms with Crippen LogP contribution < -0.4 is 14.8 Å². The predicted molar refractivity (Wildman–Crippen MR) is 143 cm³/mol. The van der Waals surface area contributed by atoms with E-state index in [4.69, 9.17) is 9.47 Å². The Morgan fingerprint density at radius 1 is 0.919 bits per heavy atom. The Kier molecular flexibility index (Phi) is 7.73. The molecule has 3 aromatic rings. The van der Waals surface area contributed by atoms with E-state index < -0.39 is 12.1 Å². The van der Waals surface area contributed by atoms with Gasteiger partial charge in [-0.15, -0.1) is 0 Å². The third-order valence-corrected chi connectivity index (χ3v) is 7.21. The van der Waals surface area contributed by atoms with Crippen molar-refractivity contribution in [2.45, 2.75) is 57.2 Å². The number of para-hydroxylation sites is 2. The summed E-state index contributed by atoms with van der Waals surface area (Å²) in [6.07, 6.45) is 3.96. The molecule has 0 unspecified atom stereocenters. The summed E-state index contributed by atoms with van der Waals surface area (Å²) >= 11 is 0. The highest BCUT2D eigenvalue weighted by molar-refractivity contribution is 5.91. The van der Waals surface area contributed by atoms with Gasteiger partial charge in [-0.05, 0) is 49.4 Å². The zero-order chi connectivity index (χ0) is 25.6. The van der Waals surface area contributed by atoms with Crippen LogP contribution in [0.4, 0.5) is 0 Å². The molecule has 5 rings (SSSR count). The van der Waals surface area contributed by atoms with Crippen LogP contribution in [-0.2, 0) is 16.0 Å². The molecule has 37 heavy (non-hydrogen) atoms. The van der Waals surface area contributed by atoms with Crippen molar-refractivity contribution >= 4 is 11.8 Å². The van der Waals surface area contributed by atoms with Crippen molar-refractivity contribution in [2.75, 3.05) is 13.2 Å². The Morgan fingerprint density at radius 3 is 2.32 bits per heavy atom. The number of hydrogen-bond acceptors (Lipinski definition) is 4. The number of carbonyl (C=O) groups excluding carboxylic acids is 2. The molecule has 2 aliphatic rings. The molecule has 6 heteroatoms. The van der Waals surface area contributed by atoms with Gasteiger partial charge in [0.2, 0.25) is 12.0 Å². The van der Waals surface area contributed by atoms with Gasteiger partial charge in [0.25, 0.3) is 5.91 Å². The van der Waals surface area contributed by atoms with Crippen LogP contribution in [0.2, 0.25) is 0 Å². The largest absolute Gasteiger partial charge is 0.485 e. The first kappa shape index (κ1) is 24.9. The molecular weight excluding hydrogens is 464 g/mol. The fraction of sp³-hybridized carbons (Fsp3) is 0.355. The predicted octanol–water partition coefficient (Wildman–Crippen LogP) is 5.01. The molecule has 1 fully saturated rings. The van der Waals surface area contributed by atoms with Crippen molar-refractivity contribution in [1.29, 1.82) is 0 Å². The lowest BCUT2D eigenvalue weighted by Gasteiger charge is -2.36. The Bertz CT molecular complexity index is 1210. The van der Waals surface area contributed by atoms with Crippen LogP contribution >= 0.6 is 0 Å². The smallest absolute Gasteiger partial charge is 0.268 e. The number of nitrogens with zero attached hydrogens (tertiary/aromatic N) is 1. The number of nitrogens with one attached hydrogen (secondary N) is 1. The second-order valence-corrected chi connectivity index (χ2v) is 9.93. The van der Waals surface area contributed by atoms with E-state index in [1.807, 2.05) is 79.7 Å². The normalized spacial score (nSPS) is 17.7. The molecule has 1 N–H and O–H groups in total. The Balaban J connectivity index is 1.46. The van der Waals surface area contributed by atoms with Crippen LogP contribution in [-0.4, -0.2) is 42.0 Å². The Hall–Kier alpha value is -3.80. The van der Waals surface area contributed by atoms with Crippen molar-refractivity contribution in [2.24, 2.45) is 0 Å². The van der Waals surface area contributed by atoms with E-state index in [-0.39, 0.29) is 24.5 Å². The van der Waals surface area contributed by atoms with E-state index in [2.05, 4.69) is 5.32 Å². The molecule has 0 spiro atoms. The number of rotatable bonds is 8. The van der Waals surface area contributed by atoms with Gasteiger partial charge in [-0.3, -0.25) is 9.59 Å². The van der Waals surface area contributed by atoms with Crippen molar-refractivity contribution in [3.05, 3.63) is 95.6 Å². The van der Waals surface area contributed by atoms with Crippen LogP contribution in [0, 0.1) is 6.92 Å². The number of amides is 2. The molecule has 2 amide bonds. The van der Waals surface area contributed by atoms with Gasteiger partial charge in [0.1, 0.15) is 12.6 Å². The van der Waals surface area contributed by atoms with Gasteiger partial charge in [0, 0.05) is 12.6 Å². The number of aryl methyl sites for hydroxylation is 1. The van der Waals surface area contributed by atoms with E-state index in [1.54, 1.807) is 11.0 Å². The van der Waals surface area contributed by atoms with E-state index in [0.717, 1.165) is 42.4 Å². The highest BCUT2D eigenvalue weighted by Gasteiger charge is 2.38. The van der Waals surface area contributed by atoms with Gasteiger partial charge < -0.3 is 19.7 Å². The SMILES string of the molecule is Cc1ccc([C@H](C(=O)NC2CCCC2)N(CCc2ccccc2)C(=O)[C@@H]2COc3ccccc3O2)cc1. The number of hydrogen-bond donors (Lipinski definition) is 1. The Morgan fingerprint density at radius 2 is 1.59 bits per heavy atom. The van der Waals surface area contributed by atoms with Gasteiger partial charge >= 0.3 is 0 Å². The van der Waals surface area contributed by atoms with Crippen molar-refractivity contribution in [3.8, 4) is 11.5 Å². The summed E-state index contributed by atoms with van der Waals surface area (Å²) in [5.74, 6) is 0.765. The second kappa shape index (κ2) is 11.5. The fourth-order valence-corrected chi connectivity index (χ4v) is 5.16. The van der Waals surface area contributed by atoms with Gasteiger partial charge in [-0.1, -0.05) is 85.1 Å². The topological polar surface area (TPSA) is 67.9 Å². The average molecular weight is 499 g/mol. The third-order valence-electron chi connectivity index (χ3n) is 7.21. The maximum atomic E-state index is 14.1. The first-order valence-electron chi connectivity index (χ1n) is 13.2. The molecule has 6 nitrogen and oxygen atoms in total. The van der Waals surface area contributed by atoms with Crippen LogP contribution in [0.5, 0.6) is 11.5 Å². The third kappa shape index (κ3) is 5.96. The van der Waals surface area contributed by atoms with Crippen LogP contribution in [0.15, 0.2) is 78.9 Å². The van der Waals surface area contributed by atoms with Crippen LogP contribution in [0.1, 0.15) is 48.4 Å². The van der Waals surface area contributed by atoms with Crippen molar-refractivity contribution < 1.29 is 19.1 Å². The van der Waals surface area contributed by atoms with E-state index in [0.29, 0.717) is 24.5 Å². The van der Waals surface area contributed by atoms with Gasteiger partial charge in [-0.2, -0.15) is 0 Å². The van der Waals surface area contributed by atoms with E-state index in [9.17, 15) is 9.59 Å². The number of fused-ring (bicyclic) bond motifs is 1. The summed E-state index contributed by atoms with van der Waals surface area (Å²) in [6, 6.07) is 24.6. The molecule has 1 aliphatic carbocycles. The molecule has 1 heterocycles. The molecular formula is C31H34N2O4. The number of ether oxygens (including phenoxy) is 2. The van der Waals surface area contributed by atoms with Crippen LogP contribution in [0.25, 0.3) is 0 Å². The molecule has 0 bridgehead atoms. The first-order chi connectivity index (χ1) is 18.1. The van der Waals surface area contributed by atoms with Gasteiger partial charge in [-0.25, -0.2) is 0 Å². The zero-order valence-electron chi connectivity index (χ0n) is 21.3. The van der Waals surface area contributed by atoms with Crippen molar-refractivity contribution in [1.82, 2.24) is 10.2 Å². The molecule has 3 aromatic carbocycles. The minimum Gasteiger partial charge on any atom is -0.485 e. The maximum absolute atomic E-state index is 14.1. The lowest BCUT2D eigenvalue weighted by Crippen LogP contribution is -2.52. The van der Waals surface area contributed by atoms with Crippen LogP contribution in [0.3, 0.4) is 0 Å². The lowest BCUT2D eigenvalue weighted by atomic mass is 10.00. The molecule has 2 atom stereocenters. The quantitative estimate of drug-likeness (QED) is 0.474. The average Bonchev–Trinajstić information content (AvgIpc) is 3.44. The fourth-order valence-electron chi connectivity index (χ4n) is 5.16. The highest BCUT2D eigenvalue weighted by atomic mass is 16.6. The summed E-state index contributed by atoms with van der Waals surface area (Å²) in [6.45, 7) is 2.49. The summed E-state index contributed by atoms with van der Waals surface area (Å²) in [5, 5.41) is 3.24. The number of carbonyl (C=O) groups is 2. The summed E-state index contributed by atoms with van der Waals surface area (Å²) < 4.78 is 12.0. The lowest BCUT2D eigenvalue weighted by molar-refractivity contribution is -0.148. The van der Waals surface area contributed by atoms with Gasteiger partial charge in [0.15, 0.2) is 11.5 Å². The first-order valence-corrected chi connectivity index (χ1v) is 13.2. The van der Waals surface area contributed by atoms with E-state index in [1.165, 1.54) is 0 Å². The molecule has 0 aromatic heterocycles. The summed E-state index contributed by atoms with van der Waals surface area (Å²) in [4.78, 5) is 29.6. The van der Waals surface area contributed by atoms with E-state index >= 15 is 0 Å². The Labute approximate surface area is 218 Å². The molecule has 1 saturated carbocycles. The minimum absolute atomic E-state index is 0.0997. The van der Waals surface area contributed by atoms with Crippen molar-refractivity contribution in [3.63, 3.8) is 0 Å². The maximum Gasteiger partial charge on any atom is 0.268 e. The number of benzene rings is 3. The molecule has 1 aliphatic heterocycles.